The van der Waals surface area contributed by atoms with Crippen molar-refractivity contribution in [3.63, 3.8) is 0 Å². The number of oxazole rings is 1. The second-order valence-electron chi connectivity index (χ2n) is 5.07. The van der Waals surface area contributed by atoms with Gasteiger partial charge in [0.25, 0.3) is 0 Å². The number of halogens is 2. The van der Waals surface area contributed by atoms with Crippen molar-refractivity contribution in [2.24, 2.45) is 0 Å². The molecule has 0 amide bonds. The molecule has 0 fully saturated rings. The van der Waals surface area contributed by atoms with Gasteiger partial charge >= 0.3 is 0 Å². The molecule has 0 bridgehead atoms. The lowest BCUT2D eigenvalue weighted by molar-refractivity contribution is 0.315. The zero-order chi connectivity index (χ0) is 15.5. The monoisotopic (exact) mass is 352 g/mol. The molecule has 22 heavy (non-hydrogen) atoms. The third-order valence-electron chi connectivity index (χ3n) is 3.09. The number of rotatable bonds is 5. The molecule has 0 aliphatic carbocycles. The second kappa shape index (κ2) is 6.84. The number of aromatic nitrogens is 1. The van der Waals surface area contributed by atoms with Gasteiger partial charge in [0.2, 0.25) is 5.89 Å². The van der Waals surface area contributed by atoms with Crippen molar-refractivity contribution in [3.8, 4) is 10.8 Å². The van der Waals surface area contributed by atoms with Gasteiger partial charge in [0.05, 0.1) is 10.6 Å². The molecule has 114 valence electrons. The average molecular weight is 353 g/mol. The Kier molecular flexibility index (Phi) is 4.84. The summed E-state index contributed by atoms with van der Waals surface area (Å²) in [6, 6.07) is 9.56. The topological polar surface area (TPSA) is 29.3 Å². The maximum Gasteiger partial charge on any atom is 0.236 e. The largest absolute Gasteiger partial charge is 0.444 e. The molecule has 0 aliphatic heterocycles. The Labute approximate surface area is 143 Å². The predicted molar refractivity (Wildman–Crippen MR) is 91.4 cm³/mol. The smallest absolute Gasteiger partial charge is 0.236 e. The van der Waals surface area contributed by atoms with E-state index in [2.05, 4.69) is 9.88 Å². The molecule has 0 saturated carbocycles. The lowest BCUT2D eigenvalue weighted by Gasteiger charge is -2.15. The Balaban J connectivity index is 1.65. The summed E-state index contributed by atoms with van der Waals surface area (Å²) in [6.07, 6.45) is 1.70. The molecule has 0 N–H and O–H groups in total. The van der Waals surface area contributed by atoms with Gasteiger partial charge in [-0.05, 0) is 42.3 Å². The van der Waals surface area contributed by atoms with Gasteiger partial charge in [-0.1, -0.05) is 29.3 Å². The number of benzene rings is 1. The zero-order valence-corrected chi connectivity index (χ0v) is 14.3. The molecular formula is C16H14Cl2N2OS. The summed E-state index contributed by atoms with van der Waals surface area (Å²) in [7, 11) is 2.02. The summed E-state index contributed by atoms with van der Waals surface area (Å²) in [5, 5.41) is 3.31. The highest BCUT2D eigenvalue weighted by molar-refractivity contribution is 7.13. The fraction of sp³-hybridized carbons (Fsp3) is 0.188. The quantitative estimate of drug-likeness (QED) is 0.620. The summed E-state index contributed by atoms with van der Waals surface area (Å²) >= 11 is 13.7. The van der Waals surface area contributed by atoms with E-state index in [0.29, 0.717) is 22.5 Å². The lowest BCUT2D eigenvalue weighted by atomic mass is 10.2. The summed E-state index contributed by atoms with van der Waals surface area (Å²) in [6.45, 7) is 1.43. The van der Waals surface area contributed by atoms with Crippen LogP contribution in [0.25, 0.3) is 10.8 Å². The van der Waals surface area contributed by atoms with Crippen LogP contribution in [-0.2, 0) is 13.1 Å². The minimum absolute atomic E-state index is 0.650. The number of hydrogen-bond donors (Lipinski definition) is 0. The summed E-state index contributed by atoms with van der Waals surface area (Å²) in [5.74, 6) is 0.671. The van der Waals surface area contributed by atoms with Gasteiger partial charge in [0.15, 0.2) is 0 Å². The molecule has 3 rings (SSSR count). The van der Waals surface area contributed by atoms with Crippen molar-refractivity contribution in [1.82, 2.24) is 9.88 Å². The van der Waals surface area contributed by atoms with Gasteiger partial charge in [0, 0.05) is 23.1 Å². The molecular weight excluding hydrogens is 339 g/mol. The number of hydrogen-bond acceptors (Lipinski definition) is 4. The third-order valence-corrected chi connectivity index (χ3v) is 4.38. The number of thiophene rings is 1. The predicted octanol–water partition coefficient (Wildman–Crippen LogP) is 5.34. The summed E-state index contributed by atoms with van der Waals surface area (Å²) in [4.78, 5) is 7.69. The van der Waals surface area contributed by atoms with Gasteiger partial charge in [-0.3, -0.25) is 4.90 Å². The van der Waals surface area contributed by atoms with Crippen LogP contribution >= 0.6 is 34.5 Å². The van der Waals surface area contributed by atoms with E-state index in [9.17, 15) is 0 Å². The van der Waals surface area contributed by atoms with E-state index in [1.54, 1.807) is 23.7 Å². The average Bonchev–Trinajstić information content (AvgIpc) is 3.07. The van der Waals surface area contributed by atoms with Crippen LogP contribution in [0.2, 0.25) is 10.0 Å². The van der Waals surface area contributed by atoms with Crippen molar-refractivity contribution in [2.75, 3.05) is 7.05 Å². The Hall–Kier alpha value is -1.33. The molecule has 2 aromatic heterocycles. The van der Waals surface area contributed by atoms with E-state index in [1.807, 2.05) is 36.7 Å². The first-order chi connectivity index (χ1) is 10.6. The summed E-state index contributed by atoms with van der Waals surface area (Å²) in [5.41, 5.74) is 1.97. The van der Waals surface area contributed by atoms with E-state index in [-0.39, 0.29) is 0 Å². The van der Waals surface area contributed by atoms with Crippen molar-refractivity contribution in [3.05, 3.63) is 63.3 Å². The Morgan fingerprint density at radius 2 is 1.95 bits per heavy atom. The second-order valence-corrected chi connectivity index (χ2v) is 6.89. The zero-order valence-electron chi connectivity index (χ0n) is 11.9. The highest BCUT2D eigenvalue weighted by atomic mass is 35.5. The van der Waals surface area contributed by atoms with Gasteiger partial charge in [-0.25, -0.2) is 4.98 Å². The molecule has 6 heteroatoms. The van der Waals surface area contributed by atoms with Crippen LogP contribution in [0.4, 0.5) is 0 Å². The van der Waals surface area contributed by atoms with Gasteiger partial charge in [-0.2, -0.15) is 0 Å². The SMILES string of the molecule is CN(Cc1cc(Cl)cc(Cl)c1)Cc1coc(-c2cccs2)n1. The Bertz CT molecular complexity index is 735. The lowest BCUT2D eigenvalue weighted by Crippen LogP contribution is -2.17. The normalized spacial score (nSPS) is 11.3. The van der Waals surface area contributed by atoms with E-state index in [0.717, 1.165) is 22.7 Å². The fourth-order valence-electron chi connectivity index (χ4n) is 2.24. The number of nitrogens with zero attached hydrogens (tertiary/aromatic N) is 2. The van der Waals surface area contributed by atoms with Gasteiger partial charge in [0.1, 0.15) is 6.26 Å². The van der Waals surface area contributed by atoms with Crippen molar-refractivity contribution < 1.29 is 4.42 Å². The van der Waals surface area contributed by atoms with Crippen LogP contribution in [0.5, 0.6) is 0 Å². The molecule has 1 aromatic carbocycles. The first kappa shape index (κ1) is 15.6. The maximum atomic E-state index is 6.03. The molecule has 0 atom stereocenters. The highest BCUT2D eigenvalue weighted by Crippen LogP contribution is 2.24. The van der Waals surface area contributed by atoms with Crippen LogP contribution in [0, 0.1) is 0 Å². The van der Waals surface area contributed by atoms with Crippen LogP contribution in [0.1, 0.15) is 11.3 Å². The van der Waals surface area contributed by atoms with E-state index in [1.165, 1.54) is 0 Å². The summed E-state index contributed by atoms with van der Waals surface area (Å²) < 4.78 is 5.53. The Morgan fingerprint density at radius 1 is 1.18 bits per heavy atom. The van der Waals surface area contributed by atoms with E-state index in [4.69, 9.17) is 27.6 Å². The molecule has 0 radical (unpaired) electrons. The highest BCUT2D eigenvalue weighted by Gasteiger charge is 2.10. The molecule has 0 aliphatic rings. The molecule has 0 saturated heterocycles. The molecule has 2 heterocycles. The first-order valence-corrected chi connectivity index (χ1v) is 8.35. The minimum Gasteiger partial charge on any atom is -0.444 e. The van der Waals surface area contributed by atoms with Crippen molar-refractivity contribution in [1.29, 1.82) is 0 Å². The maximum absolute atomic E-state index is 6.03. The van der Waals surface area contributed by atoms with Crippen molar-refractivity contribution >= 4 is 34.5 Å². The van der Waals surface area contributed by atoms with Crippen LogP contribution in [0.15, 0.2) is 46.4 Å². The van der Waals surface area contributed by atoms with Gasteiger partial charge in [-0.15, -0.1) is 11.3 Å². The molecule has 0 unspecified atom stereocenters. The van der Waals surface area contributed by atoms with E-state index >= 15 is 0 Å². The van der Waals surface area contributed by atoms with Crippen molar-refractivity contribution in [2.45, 2.75) is 13.1 Å². The van der Waals surface area contributed by atoms with Crippen LogP contribution < -0.4 is 0 Å². The molecule has 3 nitrogen and oxygen atoms in total. The van der Waals surface area contributed by atoms with Gasteiger partial charge < -0.3 is 4.42 Å². The van der Waals surface area contributed by atoms with Crippen LogP contribution in [0.3, 0.4) is 0 Å². The standard InChI is InChI=1S/C16H14Cl2N2OS/c1-20(8-11-5-12(17)7-13(18)6-11)9-14-10-21-16(19-14)15-3-2-4-22-15/h2-7,10H,8-9H2,1H3. The first-order valence-electron chi connectivity index (χ1n) is 6.72. The minimum atomic E-state index is 0.650. The molecule has 3 aromatic rings. The molecule has 0 spiro atoms. The van der Waals surface area contributed by atoms with E-state index < -0.39 is 0 Å². The van der Waals surface area contributed by atoms with Crippen LogP contribution in [-0.4, -0.2) is 16.9 Å². The Morgan fingerprint density at radius 3 is 2.64 bits per heavy atom. The third kappa shape index (κ3) is 3.90. The fourth-order valence-corrected chi connectivity index (χ4v) is 3.47.